The topological polar surface area (TPSA) is 38.3 Å². The van der Waals surface area contributed by atoms with Crippen LogP contribution in [0.5, 0.6) is 0 Å². The van der Waals surface area contributed by atoms with Crippen LogP contribution < -0.4 is 5.32 Å². The SMILES string of the molecule is COC(=O)/C=C/c1cc(F)cc(NC(C)c2ccc(Br)cc2F)c1. The fraction of sp³-hybridized carbons (Fsp3) is 0.167. The number of benzene rings is 2. The number of halogens is 3. The number of carbonyl (C=O) groups is 1. The molecule has 24 heavy (non-hydrogen) atoms. The van der Waals surface area contributed by atoms with Gasteiger partial charge < -0.3 is 10.1 Å². The molecule has 1 N–H and O–H groups in total. The summed E-state index contributed by atoms with van der Waals surface area (Å²) in [6.45, 7) is 1.78. The van der Waals surface area contributed by atoms with Gasteiger partial charge >= 0.3 is 5.97 Å². The van der Waals surface area contributed by atoms with Crippen molar-refractivity contribution in [2.75, 3.05) is 12.4 Å². The Morgan fingerprint density at radius 2 is 2.00 bits per heavy atom. The minimum absolute atomic E-state index is 0.355. The highest BCUT2D eigenvalue weighted by atomic mass is 79.9. The van der Waals surface area contributed by atoms with Gasteiger partial charge in [0, 0.05) is 21.8 Å². The molecule has 6 heteroatoms. The molecule has 1 unspecified atom stereocenters. The predicted octanol–water partition coefficient (Wildman–Crippen LogP) is 5.09. The Morgan fingerprint density at radius 1 is 1.25 bits per heavy atom. The molecule has 0 bridgehead atoms. The van der Waals surface area contributed by atoms with Crippen molar-refractivity contribution in [3.8, 4) is 0 Å². The highest BCUT2D eigenvalue weighted by molar-refractivity contribution is 9.10. The van der Waals surface area contributed by atoms with E-state index in [-0.39, 0.29) is 11.9 Å². The maximum atomic E-state index is 14.0. The van der Waals surface area contributed by atoms with Crippen LogP contribution in [-0.4, -0.2) is 13.1 Å². The van der Waals surface area contributed by atoms with Gasteiger partial charge in [0.1, 0.15) is 11.6 Å². The number of methoxy groups -OCH3 is 1. The van der Waals surface area contributed by atoms with Crippen LogP contribution in [-0.2, 0) is 9.53 Å². The number of esters is 1. The van der Waals surface area contributed by atoms with Gasteiger partial charge in [-0.2, -0.15) is 0 Å². The van der Waals surface area contributed by atoms with Gasteiger partial charge in [-0.3, -0.25) is 0 Å². The lowest BCUT2D eigenvalue weighted by atomic mass is 10.1. The second-order valence-electron chi connectivity index (χ2n) is 5.16. The van der Waals surface area contributed by atoms with E-state index in [4.69, 9.17) is 0 Å². The van der Waals surface area contributed by atoms with E-state index in [1.54, 1.807) is 25.1 Å². The van der Waals surface area contributed by atoms with E-state index >= 15 is 0 Å². The number of rotatable bonds is 5. The number of hydrogen-bond acceptors (Lipinski definition) is 3. The molecule has 0 aliphatic rings. The summed E-state index contributed by atoms with van der Waals surface area (Å²) in [5.74, 6) is -1.35. The molecule has 0 aromatic heterocycles. The van der Waals surface area contributed by atoms with Crippen LogP contribution >= 0.6 is 15.9 Å². The van der Waals surface area contributed by atoms with Crippen molar-refractivity contribution in [2.45, 2.75) is 13.0 Å². The molecular formula is C18H16BrF2NO2. The summed E-state index contributed by atoms with van der Waals surface area (Å²) in [7, 11) is 1.26. The van der Waals surface area contributed by atoms with Gasteiger partial charge in [0.25, 0.3) is 0 Å². The first-order valence-corrected chi connectivity index (χ1v) is 7.96. The molecule has 0 spiro atoms. The third kappa shape index (κ3) is 4.89. The van der Waals surface area contributed by atoms with E-state index < -0.39 is 11.8 Å². The second kappa shape index (κ2) is 8.06. The molecule has 126 valence electrons. The molecule has 2 rings (SSSR count). The quantitative estimate of drug-likeness (QED) is 0.566. The normalized spacial score (nSPS) is 12.2. The summed E-state index contributed by atoms with van der Waals surface area (Å²) in [6, 6.07) is 8.68. The molecule has 0 saturated heterocycles. The van der Waals surface area contributed by atoms with Crippen LogP contribution in [0.2, 0.25) is 0 Å². The predicted molar refractivity (Wildman–Crippen MR) is 93.6 cm³/mol. The number of hydrogen-bond donors (Lipinski definition) is 1. The van der Waals surface area contributed by atoms with Crippen molar-refractivity contribution in [2.24, 2.45) is 0 Å². The average Bonchev–Trinajstić information content (AvgIpc) is 2.51. The molecule has 3 nitrogen and oxygen atoms in total. The van der Waals surface area contributed by atoms with E-state index in [2.05, 4.69) is 26.0 Å². The van der Waals surface area contributed by atoms with Gasteiger partial charge in [-0.1, -0.05) is 22.0 Å². The zero-order valence-electron chi connectivity index (χ0n) is 13.1. The molecule has 0 heterocycles. The first-order chi connectivity index (χ1) is 11.4. The first kappa shape index (κ1) is 18.1. The molecule has 2 aromatic carbocycles. The summed E-state index contributed by atoms with van der Waals surface area (Å²) in [5.41, 5.74) is 1.44. The maximum Gasteiger partial charge on any atom is 0.330 e. The highest BCUT2D eigenvalue weighted by Gasteiger charge is 2.12. The van der Waals surface area contributed by atoms with Gasteiger partial charge in [0.05, 0.1) is 13.2 Å². The fourth-order valence-corrected chi connectivity index (χ4v) is 2.54. The van der Waals surface area contributed by atoms with Crippen LogP contribution in [0.3, 0.4) is 0 Å². The molecule has 0 saturated carbocycles. The van der Waals surface area contributed by atoms with Gasteiger partial charge in [-0.05, 0) is 48.9 Å². The first-order valence-electron chi connectivity index (χ1n) is 7.17. The van der Waals surface area contributed by atoms with Crippen molar-refractivity contribution in [1.29, 1.82) is 0 Å². The average molecular weight is 396 g/mol. The Bertz CT molecular complexity index is 778. The Labute approximate surface area is 147 Å². The van der Waals surface area contributed by atoms with Crippen LogP contribution in [0.1, 0.15) is 24.1 Å². The van der Waals surface area contributed by atoms with E-state index in [0.29, 0.717) is 21.3 Å². The molecule has 0 fully saturated rings. The fourth-order valence-electron chi connectivity index (χ4n) is 2.20. The van der Waals surface area contributed by atoms with Crippen LogP contribution in [0.25, 0.3) is 6.08 Å². The van der Waals surface area contributed by atoms with Crippen LogP contribution in [0.15, 0.2) is 46.9 Å². The number of ether oxygens (including phenoxy) is 1. The summed E-state index contributed by atoms with van der Waals surface area (Å²) in [4.78, 5) is 11.1. The standard InChI is InChI=1S/C18H16BrF2NO2/c1-11(16-5-4-13(19)9-17(16)21)22-15-8-12(7-14(20)10-15)3-6-18(23)24-2/h3-11,22H,1-2H3/b6-3+. The Balaban J connectivity index is 2.21. The summed E-state index contributed by atoms with van der Waals surface area (Å²) in [5, 5.41) is 3.06. The van der Waals surface area contributed by atoms with Gasteiger partial charge in [-0.15, -0.1) is 0 Å². The summed E-state index contributed by atoms with van der Waals surface area (Å²) < 4.78 is 32.9. The van der Waals surface area contributed by atoms with E-state index in [1.165, 1.54) is 37.5 Å². The van der Waals surface area contributed by atoms with E-state index in [9.17, 15) is 13.6 Å². The van der Waals surface area contributed by atoms with Crippen molar-refractivity contribution < 1.29 is 18.3 Å². The Hall–Kier alpha value is -2.21. The largest absolute Gasteiger partial charge is 0.466 e. The minimum atomic E-state index is -0.529. The lowest BCUT2D eigenvalue weighted by Crippen LogP contribution is -2.09. The van der Waals surface area contributed by atoms with Gasteiger partial charge in [0.2, 0.25) is 0 Å². The lowest BCUT2D eigenvalue weighted by molar-refractivity contribution is -0.134. The van der Waals surface area contributed by atoms with E-state index in [0.717, 1.165) is 0 Å². The number of carbonyl (C=O) groups excluding carboxylic acids is 1. The maximum absolute atomic E-state index is 14.0. The zero-order chi connectivity index (χ0) is 17.7. The molecule has 0 radical (unpaired) electrons. The third-order valence-corrected chi connectivity index (χ3v) is 3.84. The van der Waals surface area contributed by atoms with Gasteiger partial charge in [-0.25, -0.2) is 13.6 Å². The highest BCUT2D eigenvalue weighted by Crippen LogP contribution is 2.25. The molecule has 2 aromatic rings. The Kier molecular flexibility index (Phi) is 6.09. The molecule has 0 aliphatic heterocycles. The van der Waals surface area contributed by atoms with Crippen molar-refractivity contribution in [1.82, 2.24) is 0 Å². The third-order valence-electron chi connectivity index (χ3n) is 3.35. The minimum Gasteiger partial charge on any atom is -0.466 e. The van der Waals surface area contributed by atoms with Crippen molar-refractivity contribution in [3.63, 3.8) is 0 Å². The van der Waals surface area contributed by atoms with Crippen molar-refractivity contribution in [3.05, 3.63) is 69.7 Å². The van der Waals surface area contributed by atoms with Crippen molar-refractivity contribution >= 4 is 33.7 Å². The zero-order valence-corrected chi connectivity index (χ0v) is 14.7. The smallest absolute Gasteiger partial charge is 0.330 e. The van der Waals surface area contributed by atoms with Crippen LogP contribution in [0.4, 0.5) is 14.5 Å². The number of nitrogens with one attached hydrogen (secondary N) is 1. The van der Waals surface area contributed by atoms with Gasteiger partial charge in [0.15, 0.2) is 0 Å². The van der Waals surface area contributed by atoms with Crippen LogP contribution in [0, 0.1) is 11.6 Å². The summed E-state index contributed by atoms with van der Waals surface area (Å²) >= 11 is 3.21. The second-order valence-corrected chi connectivity index (χ2v) is 6.08. The molecule has 0 amide bonds. The monoisotopic (exact) mass is 395 g/mol. The van der Waals surface area contributed by atoms with E-state index in [1.807, 2.05) is 0 Å². The molecular weight excluding hydrogens is 380 g/mol. The molecule has 0 aliphatic carbocycles. The number of anilines is 1. The lowest BCUT2D eigenvalue weighted by Gasteiger charge is -2.17. The molecule has 1 atom stereocenters. The Morgan fingerprint density at radius 3 is 2.67 bits per heavy atom. The summed E-state index contributed by atoms with van der Waals surface area (Å²) in [6.07, 6.45) is 2.65.